The smallest absolute Gasteiger partial charge is 0.310 e. The third-order valence-electron chi connectivity index (χ3n) is 4.08. The number of hydrogen-bond donors (Lipinski definition) is 1. The molecule has 0 radical (unpaired) electrons. The summed E-state index contributed by atoms with van der Waals surface area (Å²) in [5.41, 5.74) is 6.19. The van der Waals surface area contributed by atoms with Gasteiger partial charge in [-0.3, -0.25) is 4.79 Å². The van der Waals surface area contributed by atoms with E-state index in [4.69, 9.17) is 10.5 Å². The maximum absolute atomic E-state index is 11.8. The van der Waals surface area contributed by atoms with Crippen LogP contribution in [-0.2, 0) is 9.53 Å². The first kappa shape index (κ1) is 10.9. The van der Waals surface area contributed by atoms with E-state index < -0.39 is 0 Å². The third kappa shape index (κ3) is 2.03. The van der Waals surface area contributed by atoms with Crippen LogP contribution in [0.4, 0.5) is 0 Å². The molecule has 3 nitrogen and oxygen atoms in total. The number of carbonyl (C=O) groups is 1. The number of nitrogens with two attached hydrogens (primary N) is 1. The Morgan fingerprint density at radius 1 is 1.27 bits per heavy atom. The maximum atomic E-state index is 11.8. The molecular weight excluding hydrogens is 190 g/mol. The number of fused-ring (bicyclic) bond motifs is 4. The molecule has 3 aliphatic rings. The van der Waals surface area contributed by atoms with Gasteiger partial charge in [0, 0.05) is 6.04 Å². The summed E-state index contributed by atoms with van der Waals surface area (Å²) in [6, 6.07) is 0.0466. The summed E-state index contributed by atoms with van der Waals surface area (Å²) in [6.45, 7) is 2.33. The lowest BCUT2D eigenvalue weighted by Crippen LogP contribution is -2.47. The van der Waals surface area contributed by atoms with Crippen molar-refractivity contribution in [1.29, 1.82) is 0 Å². The van der Waals surface area contributed by atoms with Crippen molar-refractivity contribution in [3.63, 3.8) is 0 Å². The molecule has 0 spiro atoms. The summed E-state index contributed by atoms with van der Waals surface area (Å²) >= 11 is 0. The summed E-state index contributed by atoms with van der Waals surface area (Å²) in [5.74, 6) is 0.962. The molecule has 0 amide bonds. The minimum Gasteiger partial charge on any atom is -0.466 e. The van der Waals surface area contributed by atoms with Crippen molar-refractivity contribution in [1.82, 2.24) is 0 Å². The van der Waals surface area contributed by atoms with Gasteiger partial charge in [-0.05, 0) is 44.4 Å². The van der Waals surface area contributed by atoms with E-state index >= 15 is 0 Å². The van der Waals surface area contributed by atoms with Gasteiger partial charge in [-0.1, -0.05) is 6.42 Å². The molecule has 0 aromatic heterocycles. The number of ether oxygens (including phenoxy) is 1. The van der Waals surface area contributed by atoms with Crippen molar-refractivity contribution < 1.29 is 9.53 Å². The van der Waals surface area contributed by atoms with E-state index in [1.807, 2.05) is 6.92 Å². The maximum Gasteiger partial charge on any atom is 0.310 e. The van der Waals surface area contributed by atoms with Crippen LogP contribution in [0.1, 0.15) is 39.0 Å². The van der Waals surface area contributed by atoms with Crippen LogP contribution in [-0.4, -0.2) is 18.6 Å². The quantitative estimate of drug-likeness (QED) is 0.707. The first-order valence-corrected chi connectivity index (χ1v) is 6.16. The van der Waals surface area contributed by atoms with Crippen LogP contribution in [0.15, 0.2) is 0 Å². The van der Waals surface area contributed by atoms with Crippen LogP contribution in [0, 0.1) is 17.8 Å². The molecule has 3 aliphatic carbocycles. The van der Waals surface area contributed by atoms with Crippen molar-refractivity contribution in [2.75, 3.05) is 6.61 Å². The number of hydrogen-bond acceptors (Lipinski definition) is 3. The molecule has 15 heavy (non-hydrogen) atoms. The first-order valence-electron chi connectivity index (χ1n) is 6.16. The van der Waals surface area contributed by atoms with Crippen molar-refractivity contribution >= 4 is 5.97 Å². The van der Waals surface area contributed by atoms with Gasteiger partial charge in [-0.25, -0.2) is 0 Å². The fourth-order valence-electron chi connectivity index (χ4n) is 3.30. The van der Waals surface area contributed by atoms with Crippen molar-refractivity contribution in [2.45, 2.75) is 45.1 Å². The van der Waals surface area contributed by atoms with E-state index in [0.717, 1.165) is 6.42 Å². The van der Waals surface area contributed by atoms with Gasteiger partial charge in [0.15, 0.2) is 0 Å². The van der Waals surface area contributed by atoms with Crippen LogP contribution in [0.5, 0.6) is 0 Å². The number of rotatable bonds is 2. The second-order valence-electron chi connectivity index (χ2n) is 4.88. The topological polar surface area (TPSA) is 52.3 Å². The van der Waals surface area contributed by atoms with E-state index in [2.05, 4.69) is 0 Å². The minimum atomic E-state index is -0.0541. The van der Waals surface area contributed by atoms with Crippen LogP contribution >= 0.6 is 0 Å². The van der Waals surface area contributed by atoms with Crippen LogP contribution in [0.2, 0.25) is 0 Å². The van der Waals surface area contributed by atoms with E-state index in [9.17, 15) is 4.79 Å². The normalized spacial score (nSPS) is 39.9. The Bertz CT molecular complexity index is 236. The lowest BCUT2D eigenvalue weighted by Gasteiger charge is -2.36. The summed E-state index contributed by atoms with van der Waals surface area (Å²) in [7, 11) is 0. The van der Waals surface area contributed by atoms with Gasteiger partial charge in [-0.2, -0.15) is 0 Å². The fourth-order valence-corrected chi connectivity index (χ4v) is 3.30. The average molecular weight is 211 g/mol. The molecular formula is C12H21NO2. The van der Waals surface area contributed by atoms with E-state index in [-0.39, 0.29) is 17.9 Å². The highest BCUT2D eigenvalue weighted by atomic mass is 16.5. The zero-order valence-corrected chi connectivity index (χ0v) is 9.45. The van der Waals surface area contributed by atoms with Crippen molar-refractivity contribution in [3.8, 4) is 0 Å². The highest BCUT2D eigenvalue weighted by Gasteiger charge is 2.43. The molecule has 3 rings (SSSR count). The molecule has 2 N–H and O–H groups in total. The molecule has 4 atom stereocenters. The van der Waals surface area contributed by atoms with E-state index in [0.29, 0.717) is 18.4 Å². The van der Waals surface area contributed by atoms with Crippen LogP contribution < -0.4 is 5.73 Å². The Labute approximate surface area is 91.4 Å². The molecule has 0 aromatic rings. The standard InChI is InChI=1S/C12H21NO2/c1-2-15-12(14)10-8-4-3-5-9(7-6-8)11(10)13/h8-11H,2-7,13H2,1H3. The SMILES string of the molecule is CCOC(=O)C1C2CCCC(CC2)C1N. The number of esters is 1. The largest absolute Gasteiger partial charge is 0.466 e. The summed E-state index contributed by atoms with van der Waals surface area (Å²) in [5, 5.41) is 0. The lowest BCUT2D eigenvalue weighted by molar-refractivity contribution is -0.152. The highest BCUT2D eigenvalue weighted by Crippen LogP contribution is 2.42. The van der Waals surface area contributed by atoms with Gasteiger partial charge in [0.25, 0.3) is 0 Å². The monoisotopic (exact) mass is 211 g/mol. The zero-order chi connectivity index (χ0) is 10.8. The van der Waals surface area contributed by atoms with Crippen LogP contribution in [0.3, 0.4) is 0 Å². The molecule has 0 aromatic carbocycles. The van der Waals surface area contributed by atoms with Gasteiger partial charge in [-0.15, -0.1) is 0 Å². The molecule has 0 aliphatic heterocycles. The van der Waals surface area contributed by atoms with Gasteiger partial charge < -0.3 is 10.5 Å². The van der Waals surface area contributed by atoms with Crippen molar-refractivity contribution in [2.24, 2.45) is 23.5 Å². The Hall–Kier alpha value is -0.570. The third-order valence-corrected chi connectivity index (χ3v) is 4.08. The summed E-state index contributed by atoms with van der Waals surface area (Å²) in [6.07, 6.45) is 5.98. The predicted molar refractivity (Wildman–Crippen MR) is 58.2 cm³/mol. The van der Waals surface area contributed by atoms with Gasteiger partial charge in [0.05, 0.1) is 12.5 Å². The molecule has 0 saturated heterocycles. The minimum absolute atomic E-state index is 0.0220. The molecule has 86 valence electrons. The van der Waals surface area contributed by atoms with Gasteiger partial charge >= 0.3 is 5.97 Å². The lowest BCUT2D eigenvalue weighted by atomic mass is 9.72. The Morgan fingerprint density at radius 2 is 1.93 bits per heavy atom. The Balaban J connectivity index is 2.12. The fraction of sp³-hybridized carbons (Fsp3) is 0.917. The molecule has 2 bridgehead atoms. The highest BCUT2D eigenvalue weighted by molar-refractivity contribution is 5.74. The Morgan fingerprint density at radius 3 is 2.67 bits per heavy atom. The summed E-state index contributed by atoms with van der Waals surface area (Å²) in [4.78, 5) is 11.8. The number of carbonyl (C=O) groups excluding carboxylic acids is 1. The second-order valence-corrected chi connectivity index (χ2v) is 4.88. The second kappa shape index (κ2) is 4.52. The van der Waals surface area contributed by atoms with Crippen LogP contribution in [0.25, 0.3) is 0 Å². The molecule has 3 heteroatoms. The molecule has 3 saturated carbocycles. The zero-order valence-electron chi connectivity index (χ0n) is 9.45. The van der Waals surface area contributed by atoms with E-state index in [1.165, 1.54) is 25.7 Å². The van der Waals surface area contributed by atoms with Gasteiger partial charge in [0.2, 0.25) is 0 Å². The van der Waals surface area contributed by atoms with Gasteiger partial charge in [0.1, 0.15) is 0 Å². The predicted octanol–water partition coefficient (Wildman–Crippen LogP) is 1.70. The molecule has 3 fully saturated rings. The Kier molecular flexibility index (Phi) is 3.29. The average Bonchev–Trinajstić information content (AvgIpc) is 2.51. The van der Waals surface area contributed by atoms with Crippen molar-refractivity contribution in [3.05, 3.63) is 0 Å². The first-order chi connectivity index (χ1) is 7.24. The summed E-state index contributed by atoms with van der Waals surface area (Å²) < 4.78 is 5.14. The van der Waals surface area contributed by atoms with E-state index in [1.54, 1.807) is 0 Å². The molecule has 4 unspecified atom stereocenters. The molecule has 0 heterocycles.